The fraction of sp³-hybridized carbons (Fsp3) is 0.556. The third-order valence-corrected chi connectivity index (χ3v) is 3.96. The maximum atomic E-state index is 11.9. The first-order valence-electron chi connectivity index (χ1n) is 4.89. The molecule has 0 N–H and O–H groups in total. The Morgan fingerprint density at radius 2 is 2.24 bits per heavy atom. The van der Waals surface area contributed by atoms with Crippen LogP contribution in [-0.4, -0.2) is 48.9 Å². The topological polar surface area (TPSA) is 81.5 Å². The number of hydrogen-bond donors (Lipinski definition) is 0. The third kappa shape index (κ3) is 3.27. The van der Waals surface area contributed by atoms with E-state index in [9.17, 15) is 13.2 Å². The zero-order chi connectivity index (χ0) is 13.1. The van der Waals surface area contributed by atoms with Crippen LogP contribution < -0.4 is 0 Å². The van der Waals surface area contributed by atoms with Crippen LogP contribution in [0.4, 0.5) is 0 Å². The van der Waals surface area contributed by atoms with Crippen molar-refractivity contribution in [1.82, 2.24) is 13.9 Å². The molecule has 0 saturated heterocycles. The van der Waals surface area contributed by atoms with Gasteiger partial charge in [-0.1, -0.05) is 0 Å². The minimum Gasteiger partial charge on any atom is -0.469 e. The van der Waals surface area contributed by atoms with Crippen molar-refractivity contribution >= 4 is 16.0 Å². The molecule has 0 atom stereocenters. The molecule has 1 aromatic heterocycles. The molecule has 0 aliphatic rings. The standard InChI is InChI=1S/C9H15N3O4S/c1-11-6-8(10-7-11)17(14,15)12(2)5-4-9(13)16-3/h6-7H,4-5H2,1-3H3. The number of methoxy groups -OCH3 is 1. The fourth-order valence-corrected chi connectivity index (χ4v) is 2.28. The minimum absolute atomic E-state index is 0.0130. The summed E-state index contributed by atoms with van der Waals surface area (Å²) in [5.41, 5.74) is 0. The lowest BCUT2D eigenvalue weighted by Crippen LogP contribution is -2.29. The molecule has 96 valence electrons. The summed E-state index contributed by atoms with van der Waals surface area (Å²) < 4.78 is 30.9. The first-order valence-corrected chi connectivity index (χ1v) is 6.33. The molecule has 1 rings (SSSR count). The molecule has 0 aliphatic heterocycles. The van der Waals surface area contributed by atoms with Gasteiger partial charge in [0.25, 0.3) is 10.0 Å². The van der Waals surface area contributed by atoms with E-state index in [0.29, 0.717) is 0 Å². The Morgan fingerprint density at radius 1 is 1.59 bits per heavy atom. The molecule has 17 heavy (non-hydrogen) atoms. The zero-order valence-corrected chi connectivity index (χ0v) is 10.8. The van der Waals surface area contributed by atoms with E-state index in [-0.39, 0.29) is 18.0 Å². The highest BCUT2D eigenvalue weighted by Crippen LogP contribution is 2.11. The minimum atomic E-state index is -3.63. The van der Waals surface area contributed by atoms with Gasteiger partial charge in [0.1, 0.15) is 0 Å². The number of nitrogens with zero attached hydrogens (tertiary/aromatic N) is 3. The van der Waals surface area contributed by atoms with Gasteiger partial charge in [0.05, 0.1) is 19.9 Å². The van der Waals surface area contributed by atoms with E-state index in [4.69, 9.17) is 0 Å². The summed E-state index contributed by atoms with van der Waals surface area (Å²) in [6, 6.07) is 0. The van der Waals surface area contributed by atoms with Crippen LogP contribution in [0.1, 0.15) is 6.42 Å². The smallest absolute Gasteiger partial charge is 0.306 e. The lowest BCUT2D eigenvalue weighted by molar-refractivity contribution is -0.140. The molecule has 0 spiro atoms. The molecule has 1 heterocycles. The van der Waals surface area contributed by atoms with Gasteiger partial charge >= 0.3 is 5.97 Å². The molecule has 0 saturated carbocycles. The SMILES string of the molecule is COC(=O)CCN(C)S(=O)(=O)c1cn(C)cn1. The normalized spacial score (nSPS) is 11.8. The van der Waals surface area contributed by atoms with E-state index in [0.717, 1.165) is 4.31 Å². The highest BCUT2D eigenvalue weighted by molar-refractivity contribution is 7.89. The highest BCUT2D eigenvalue weighted by Gasteiger charge is 2.23. The van der Waals surface area contributed by atoms with Crippen LogP contribution in [0.15, 0.2) is 17.6 Å². The van der Waals surface area contributed by atoms with Crippen molar-refractivity contribution in [3.8, 4) is 0 Å². The van der Waals surface area contributed by atoms with Crippen molar-refractivity contribution < 1.29 is 17.9 Å². The summed E-state index contributed by atoms with van der Waals surface area (Å²) in [5.74, 6) is -0.451. The summed E-state index contributed by atoms with van der Waals surface area (Å²) in [5, 5.41) is -0.0348. The molecule has 0 aromatic carbocycles. The van der Waals surface area contributed by atoms with Gasteiger partial charge in [0, 0.05) is 26.8 Å². The monoisotopic (exact) mass is 261 g/mol. The van der Waals surface area contributed by atoms with Crippen molar-refractivity contribution in [2.75, 3.05) is 20.7 Å². The number of imidazole rings is 1. The third-order valence-electron chi connectivity index (χ3n) is 2.21. The second kappa shape index (κ2) is 5.28. The number of ether oxygens (including phenoxy) is 1. The van der Waals surface area contributed by atoms with Gasteiger partial charge < -0.3 is 9.30 Å². The van der Waals surface area contributed by atoms with Gasteiger partial charge in [-0.15, -0.1) is 0 Å². The predicted octanol–water partition coefficient (Wildman–Crippen LogP) is -0.396. The largest absolute Gasteiger partial charge is 0.469 e. The molecule has 0 amide bonds. The average molecular weight is 261 g/mol. The molecular weight excluding hydrogens is 246 g/mol. The maximum absolute atomic E-state index is 11.9. The lowest BCUT2D eigenvalue weighted by atomic mass is 10.4. The Morgan fingerprint density at radius 3 is 2.71 bits per heavy atom. The second-order valence-electron chi connectivity index (χ2n) is 3.53. The van der Waals surface area contributed by atoms with Gasteiger partial charge in [-0.3, -0.25) is 4.79 Å². The number of aromatic nitrogens is 2. The van der Waals surface area contributed by atoms with Gasteiger partial charge in [0.15, 0.2) is 5.03 Å². The van der Waals surface area contributed by atoms with E-state index < -0.39 is 16.0 Å². The van der Waals surface area contributed by atoms with E-state index in [2.05, 4.69) is 9.72 Å². The lowest BCUT2D eigenvalue weighted by Gasteiger charge is -2.14. The summed E-state index contributed by atoms with van der Waals surface area (Å²) in [4.78, 5) is 14.7. The molecule has 0 bridgehead atoms. The van der Waals surface area contributed by atoms with Crippen LogP contribution in [0.25, 0.3) is 0 Å². The summed E-state index contributed by atoms with van der Waals surface area (Å²) in [6.07, 6.45) is 2.82. The highest BCUT2D eigenvalue weighted by atomic mass is 32.2. The number of rotatable bonds is 5. The van der Waals surface area contributed by atoms with Crippen LogP contribution in [0.3, 0.4) is 0 Å². The predicted molar refractivity (Wildman–Crippen MR) is 59.7 cm³/mol. The van der Waals surface area contributed by atoms with Crippen LogP contribution in [0.2, 0.25) is 0 Å². The van der Waals surface area contributed by atoms with Crippen molar-refractivity contribution in [3.63, 3.8) is 0 Å². The number of carbonyl (C=O) groups is 1. The average Bonchev–Trinajstić information content (AvgIpc) is 2.72. The number of sulfonamides is 1. The summed E-state index contributed by atoms with van der Waals surface area (Å²) >= 11 is 0. The molecule has 0 unspecified atom stereocenters. The molecule has 0 aliphatic carbocycles. The molecule has 7 nitrogen and oxygen atoms in total. The van der Waals surface area contributed by atoms with Crippen LogP contribution in [-0.2, 0) is 26.6 Å². The zero-order valence-electron chi connectivity index (χ0n) is 9.95. The number of aryl methyl sites for hydroxylation is 1. The van der Waals surface area contributed by atoms with Crippen molar-refractivity contribution in [2.24, 2.45) is 7.05 Å². The number of hydrogen-bond acceptors (Lipinski definition) is 5. The number of carbonyl (C=O) groups excluding carboxylic acids is 1. The van der Waals surface area contributed by atoms with E-state index >= 15 is 0 Å². The molecule has 8 heteroatoms. The summed E-state index contributed by atoms with van der Waals surface area (Å²) in [6.45, 7) is 0.0611. The Hall–Kier alpha value is -1.41. The van der Waals surface area contributed by atoms with Crippen molar-refractivity contribution in [2.45, 2.75) is 11.4 Å². The first-order chi connectivity index (χ1) is 7.87. The first kappa shape index (κ1) is 13.7. The van der Waals surface area contributed by atoms with Gasteiger partial charge in [0.2, 0.25) is 0 Å². The van der Waals surface area contributed by atoms with Gasteiger partial charge in [-0.05, 0) is 0 Å². The van der Waals surface area contributed by atoms with Crippen LogP contribution in [0, 0.1) is 0 Å². The Balaban J connectivity index is 2.74. The van der Waals surface area contributed by atoms with E-state index in [1.165, 1.54) is 26.7 Å². The Labute approximate surface area is 100 Å². The molecule has 1 aromatic rings. The van der Waals surface area contributed by atoms with E-state index in [1.54, 1.807) is 11.6 Å². The molecular formula is C9H15N3O4S. The van der Waals surface area contributed by atoms with Crippen LogP contribution >= 0.6 is 0 Å². The number of esters is 1. The second-order valence-corrected chi connectivity index (χ2v) is 5.52. The van der Waals surface area contributed by atoms with Gasteiger partial charge in [-0.25, -0.2) is 13.4 Å². The quantitative estimate of drug-likeness (QED) is 0.674. The fourth-order valence-electron chi connectivity index (χ4n) is 1.15. The Bertz CT molecular complexity index is 494. The molecule has 0 fully saturated rings. The summed E-state index contributed by atoms with van der Waals surface area (Å²) in [7, 11) is 0.708. The van der Waals surface area contributed by atoms with Crippen molar-refractivity contribution in [3.05, 3.63) is 12.5 Å². The molecule has 0 radical (unpaired) electrons. The van der Waals surface area contributed by atoms with Crippen molar-refractivity contribution in [1.29, 1.82) is 0 Å². The van der Waals surface area contributed by atoms with Gasteiger partial charge in [-0.2, -0.15) is 4.31 Å². The Kier molecular flexibility index (Phi) is 4.24. The van der Waals surface area contributed by atoms with E-state index in [1.807, 2.05) is 0 Å². The van der Waals surface area contributed by atoms with Crippen LogP contribution in [0.5, 0.6) is 0 Å². The maximum Gasteiger partial charge on any atom is 0.306 e.